The Morgan fingerprint density at radius 3 is 2.26 bits per heavy atom. The van der Waals surface area contributed by atoms with Crippen molar-refractivity contribution in [3.05, 3.63) is 86.2 Å². The lowest BCUT2D eigenvalue weighted by molar-refractivity contribution is -0.395. The first-order chi connectivity index (χ1) is 20.0. The third-order valence-corrected chi connectivity index (χ3v) is 5.76. The van der Waals surface area contributed by atoms with Crippen LogP contribution in [0, 0.1) is 26.0 Å². The van der Waals surface area contributed by atoms with Crippen LogP contribution >= 0.6 is 0 Å². The number of halogens is 1. The molecule has 42 heavy (non-hydrogen) atoms. The minimum Gasteiger partial charge on any atom is -0.494 e. The van der Waals surface area contributed by atoms with E-state index in [1.165, 1.54) is 26.2 Å². The molecule has 1 N–H and O–H groups in total. The molecule has 0 saturated heterocycles. The van der Waals surface area contributed by atoms with E-state index in [0.717, 1.165) is 5.56 Å². The van der Waals surface area contributed by atoms with E-state index in [0.29, 0.717) is 24.4 Å². The number of hydrogen-bond acceptors (Lipinski definition) is 11. The highest BCUT2D eigenvalue weighted by Gasteiger charge is 2.25. The number of nitro groups is 2. The standard InChI is InChI=1S/C27H27FN6O8/c1-4-42-27(36)10-11-32(16-18-8-6-5-7-9-18)25-13-20(29-17(2)35)21(14-26(25)41-3)30-31-22-12-19(28)23(33(37)38)15-24(22)34(39)40/h5-9,12-15H,4,10-11,16H2,1-3H3,(H,29,35)/b31-30+. The van der Waals surface area contributed by atoms with Gasteiger partial charge in [0.25, 0.3) is 0 Å². The summed E-state index contributed by atoms with van der Waals surface area (Å²) in [4.78, 5) is 46.5. The van der Waals surface area contributed by atoms with E-state index in [-0.39, 0.29) is 36.7 Å². The van der Waals surface area contributed by atoms with Crippen LogP contribution in [0.2, 0.25) is 0 Å². The van der Waals surface area contributed by atoms with Crippen molar-refractivity contribution < 1.29 is 33.3 Å². The maximum atomic E-state index is 14.3. The van der Waals surface area contributed by atoms with Gasteiger partial charge in [-0.05, 0) is 18.6 Å². The van der Waals surface area contributed by atoms with Crippen molar-refractivity contribution in [1.82, 2.24) is 0 Å². The van der Waals surface area contributed by atoms with Gasteiger partial charge in [0.05, 0.1) is 47.4 Å². The van der Waals surface area contributed by atoms with E-state index in [2.05, 4.69) is 15.5 Å². The van der Waals surface area contributed by atoms with Crippen molar-refractivity contribution >= 4 is 46.0 Å². The molecule has 0 fully saturated rings. The molecule has 14 nitrogen and oxygen atoms in total. The summed E-state index contributed by atoms with van der Waals surface area (Å²) in [6.07, 6.45) is 0.0517. The van der Waals surface area contributed by atoms with Crippen LogP contribution in [-0.2, 0) is 20.9 Å². The Balaban J connectivity index is 2.11. The lowest BCUT2D eigenvalue weighted by Crippen LogP contribution is -2.27. The van der Waals surface area contributed by atoms with Crippen LogP contribution in [0.3, 0.4) is 0 Å². The SMILES string of the molecule is CCOC(=O)CCN(Cc1ccccc1)c1cc(NC(C)=O)c(/N=N/c2cc(F)c([N+](=O)[O-])cc2[N+](=O)[O-])cc1OC. The largest absolute Gasteiger partial charge is 0.494 e. The molecule has 3 rings (SSSR count). The van der Waals surface area contributed by atoms with Gasteiger partial charge in [0.2, 0.25) is 11.7 Å². The van der Waals surface area contributed by atoms with Crippen LogP contribution in [0.5, 0.6) is 5.75 Å². The molecule has 0 atom stereocenters. The van der Waals surface area contributed by atoms with Gasteiger partial charge in [0.15, 0.2) is 5.69 Å². The van der Waals surface area contributed by atoms with E-state index in [1.54, 1.807) is 6.92 Å². The van der Waals surface area contributed by atoms with Gasteiger partial charge in [0.1, 0.15) is 11.4 Å². The summed E-state index contributed by atoms with van der Waals surface area (Å²) in [5.41, 5.74) is -1.01. The van der Waals surface area contributed by atoms with Crippen molar-refractivity contribution in [3.8, 4) is 5.75 Å². The van der Waals surface area contributed by atoms with Gasteiger partial charge in [-0.2, -0.15) is 4.39 Å². The average Bonchev–Trinajstić information content (AvgIpc) is 2.94. The zero-order valence-corrected chi connectivity index (χ0v) is 22.9. The van der Waals surface area contributed by atoms with Gasteiger partial charge < -0.3 is 19.7 Å². The number of hydrogen-bond donors (Lipinski definition) is 1. The first-order valence-electron chi connectivity index (χ1n) is 12.5. The highest BCUT2D eigenvalue weighted by Crippen LogP contribution is 2.41. The monoisotopic (exact) mass is 582 g/mol. The lowest BCUT2D eigenvalue weighted by atomic mass is 10.1. The number of nitrogens with one attached hydrogen (secondary N) is 1. The molecular formula is C27H27FN6O8. The molecule has 0 aromatic heterocycles. The highest BCUT2D eigenvalue weighted by atomic mass is 19.1. The number of methoxy groups -OCH3 is 1. The first kappa shape index (κ1) is 31.1. The Hall–Kier alpha value is -5.47. The summed E-state index contributed by atoms with van der Waals surface area (Å²) in [6, 6.07) is 13.3. The Kier molecular flexibility index (Phi) is 10.5. The van der Waals surface area contributed by atoms with Gasteiger partial charge in [-0.15, -0.1) is 10.2 Å². The number of nitrogens with zero attached hydrogens (tertiary/aromatic N) is 5. The molecule has 1 amide bonds. The quantitative estimate of drug-likeness (QED) is 0.110. The molecular weight excluding hydrogens is 555 g/mol. The van der Waals surface area contributed by atoms with Gasteiger partial charge >= 0.3 is 17.3 Å². The van der Waals surface area contributed by atoms with Gasteiger partial charge in [-0.1, -0.05) is 30.3 Å². The van der Waals surface area contributed by atoms with Crippen LogP contribution < -0.4 is 15.0 Å². The summed E-state index contributed by atoms with van der Waals surface area (Å²) in [6.45, 7) is 3.76. The third-order valence-electron chi connectivity index (χ3n) is 5.76. The molecule has 0 spiro atoms. The van der Waals surface area contributed by atoms with Crippen molar-refractivity contribution in [2.24, 2.45) is 10.2 Å². The number of amides is 1. The summed E-state index contributed by atoms with van der Waals surface area (Å²) < 4.78 is 24.9. The molecule has 0 saturated carbocycles. The molecule has 0 aliphatic carbocycles. The van der Waals surface area contributed by atoms with Gasteiger partial charge in [0, 0.05) is 32.1 Å². The van der Waals surface area contributed by atoms with Crippen LogP contribution in [-0.4, -0.2) is 42.0 Å². The fourth-order valence-corrected chi connectivity index (χ4v) is 3.90. The maximum Gasteiger partial charge on any atom is 0.311 e. The van der Waals surface area contributed by atoms with Crippen molar-refractivity contribution in [2.45, 2.75) is 26.8 Å². The minimum atomic E-state index is -1.34. The molecule has 15 heteroatoms. The Morgan fingerprint density at radius 1 is 1.00 bits per heavy atom. The van der Waals surface area contributed by atoms with Crippen molar-refractivity contribution in [1.29, 1.82) is 0 Å². The fourth-order valence-electron chi connectivity index (χ4n) is 3.90. The molecule has 0 unspecified atom stereocenters. The number of azo groups is 1. The summed E-state index contributed by atoms with van der Waals surface area (Å²) in [7, 11) is 1.39. The predicted octanol–water partition coefficient (Wildman–Crippen LogP) is 5.98. The fraction of sp³-hybridized carbons (Fsp3) is 0.259. The van der Waals surface area contributed by atoms with Crippen molar-refractivity contribution in [3.63, 3.8) is 0 Å². The molecule has 3 aromatic carbocycles. The van der Waals surface area contributed by atoms with E-state index in [4.69, 9.17) is 9.47 Å². The third kappa shape index (κ3) is 8.03. The molecule has 0 aliphatic rings. The Morgan fingerprint density at radius 2 is 1.67 bits per heavy atom. The van der Waals surface area contributed by atoms with Gasteiger partial charge in [-0.25, -0.2) is 0 Å². The number of carbonyl (C=O) groups is 2. The molecule has 0 radical (unpaired) electrons. The molecule has 0 aliphatic heterocycles. The van der Waals surface area contributed by atoms with Gasteiger partial charge in [-0.3, -0.25) is 29.8 Å². The molecule has 3 aromatic rings. The smallest absolute Gasteiger partial charge is 0.311 e. The second-order valence-corrected chi connectivity index (χ2v) is 8.69. The number of rotatable bonds is 13. The van der Waals surface area contributed by atoms with E-state index in [1.807, 2.05) is 35.2 Å². The molecule has 0 bridgehead atoms. The number of benzene rings is 3. The number of ether oxygens (including phenoxy) is 2. The van der Waals surface area contributed by atoms with Crippen molar-refractivity contribution in [2.75, 3.05) is 30.5 Å². The second kappa shape index (κ2) is 14.2. The van der Waals surface area contributed by atoms with E-state index < -0.39 is 44.6 Å². The summed E-state index contributed by atoms with van der Waals surface area (Å²) in [5, 5.41) is 32.9. The van der Waals surface area contributed by atoms with Crippen LogP contribution in [0.4, 0.5) is 38.5 Å². The summed E-state index contributed by atoms with van der Waals surface area (Å²) in [5.74, 6) is -1.97. The topological polar surface area (TPSA) is 179 Å². The highest BCUT2D eigenvalue weighted by molar-refractivity contribution is 5.94. The Bertz CT molecular complexity index is 1520. The molecule has 220 valence electrons. The average molecular weight is 583 g/mol. The molecule has 0 heterocycles. The van der Waals surface area contributed by atoms with E-state index >= 15 is 0 Å². The zero-order valence-electron chi connectivity index (χ0n) is 22.9. The summed E-state index contributed by atoms with van der Waals surface area (Å²) >= 11 is 0. The lowest BCUT2D eigenvalue weighted by Gasteiger charge is -2.27. The zero-order chi connectivity index (χ0) is 30.8. The number of carbonyl (C=O) groups excluding carboxylic acids is 2. The second-order valence-electron chi connectivity index (χ2n) is 8.69. The predicted molar refractivity (Wildman–Crippen MR) is 150 cm³/mol. The van der Waals surface area contributed by atoms with E-state index in [9.17, 15) is 34.2 Å². The van der Waals surface area contributed by atoms with Crippen LogP contribution in [0.15, 0.2) is 64.8 Å². The number of esters is 1. The number of anilines is 2. The normalized spacial score (nSPS) is 10.8. The van der Waals surface area contributed by atoms with Crippen LogP contribution in [0.1, 0.15) is 25.8 Å². The minimum absolute atomic E-state index is 0.0103. The number of nitro benzene ring substituents is 2. The Labute approximate surface area is 239 Å². The van der Waals surface area contributed by atoms with Crippen LogP contribution in [0.25, 0.3) is 0 Å². The first-order valence-corrected chi connectivity index (χ1v) is 12.5. The maximum absolute atomic E-state index is 14.3.